The number of benzene rings is 1. The van der Waals surface area contributed by atoms with Gasteiger partial charge in [0.25, 0.3) is 0 Å². The summed E-state index contributed by atoms with van der Waals surface area (Å²) in [5.74, 6) is 1.18. The van der Waals surface area contributed by atoms with Gasteiger partial charge >= 0.3 is 5.97 Å². The normalized spacial score (nSPS) is 11.9. The molecule has 0 aliphatic rings. The fourth-order valence-corrected chi connectivity index (χ4v) is 2.63. The number of hydrogen-bond donors (Lipinski definition) is 0. The Morgan fingerprint density at radius 3 is 2.48 bits per heavy atom. The van der Waals surface area contributed by atoms with E-state index in [1.165, 1.54) is 0 Å². The number of ether oxygens (including phenoxy) is 1. The van der Waals surface area contributed by atoms with E-state index in [1.54, 1.807) is 24.2 Å². The monoisotopic (exact) mass is 301 g/mol. The second-order valence-electron chi connectivity index (χ2n) is 4.61. The summed E-state index contributed by atoms with van der Waals surface area (Å²) in [5, 5.41) is 0. The molecule has 0 amide bonds. The minimum Gasteiger partial charge on any atom is -0.452 e. The Balaban J connectivity index is 2.12. The van der Waals surface area contributed by atoms with E-state index in [0.29, 0.717) is 5.75 Å². The van der Waals surface area contributed by atoms with E-state index in [2.05, 4.69) is 11.9 Å². The standard InChI is InChI=1S/C17H19NO2S/c1-2-12-21-13-16(19)20-17(14-6-4-3-5-7-14)15-8-10-18-11-9-15/h3-11,17H,2,12-13H2,1H3. The van der Waals surface area contributed by atoms with Crippen molar-refractivity contribution in [2.45, 2.75) is 19.4 Å². The van der Waals surface area contributed by atoms with Crippen LogP contribution in [-0.4, -0.2) is 22.5 Å². The summed E-state index contributed by atoms with van der Waals surface area (Å²) >= 11 is 1.61. The molecule has 1 aromatic heterocycles. The first kappa shape index (κ1) is 15.6. The van der Waals surface area contributed by atoms with Crippen LogP contribution < -0.4 is 0 Å². The van der Waals surface area contributed by atoms with Gasteiger partial charge in [-0.25, -0.2) is 0 Å². The van der Waals surface area contributed by atoms with Crippen molar-refractivity contribution in [2.24, 2.45) is 0 Å². The van der Waals surface area contributed by atoms with Gasteiger partial charge in [0.15, 0.2) is 6.10 Å². The lowest BCUT2D eigenvalue weighted by atomic mass is 10.0. The van der Waals surface area contributed by atoms with Crippen molar-refractivity contribution in [2.75, 3.05) is 11.5 Å². The molecule has 0 N–H and O–H groups in total. The van der Waals surface area contributed by atoms with E-state index in [4.69, 9.17) is 4.74 Å². The maximum absolute atomic E-state index is 12.0. The molecule has 1 unspecified atom stereocenters. The van der Waals surface area contributed by atoms with Crippen molar-refractivity contribution in [1.29, 1.82) is 0 Å². The van der Waals surface area contributed by atoms with Crippen LogP contribution >= 0.6 is 11.8 Å². The Morgan fingerprint density at radius 2 is 1.81 bits per heavy atom. The number of nitrogens with zero attached hydrogens (tertiary/aromatic N) is 1. The van der Waals surface area contributed by atoms with Gasteiger partial charge in [0, 0.05) is 18.0 Å². The van der Waals surface area contributed by atoms with Gasteiger partial charge in [-0.2, -0.15) is 11.8 Å². The van der Waals surface area contributed by atoms with Crippen LogP contribution in [0.25, 0.3) is 0 Å². The van der Waals surface area contributed by atoms with E-state index in [9.17, 15) is 4.79 Å². The molecule has 0 spiro atoms. The van der Waals surface area contributed by atoms with E-state index in [0.717, 1.165) is 23.3 Å². The molecule has 0 aliphatic carbocycles. The molecule has 1 aromatic carbocycles. The van der Waals surface area contributed by atoms with E-state index >= 15 is 0 Å². The molecule has 0 saturated carbocycles. The first-order valence-corrected chi connectivity index (χ1v) is 8.19. The number of hydrogen-bond acceptors (Lipinski definition) is 4. The molecule has 3 nitrogen and oxygen atoms in total. The summed E-state index contributed by atoms with van der Waals surface area (Å²) in [6, 6.07) is 13.5. The van der Waals surface area contributed by atoms with Gasteiger partial charge in [0.1, 0.15) is 0 Å². The summed E-state index contributed by atoms with van der Waals surface area (Å²) in [7, 11) is 0. The highest BCUT2D eigenvalue weighted by molar-refractivity contribution is 7.99. The van der Waals surface area contributed by atoms with Crippen LogP contribution in [0.5, 0.6) is 0 Å². The molecule has 0 saturated heterocycles. The lowest BCUT2D eigenvalue weighted by Gasteiger charge is -2.18. The smallest absolute Gasteiger partial charge is 0.316 e. The van der Waals surface area contributed by atoms with Gasteiger partial charge in [0.05, 0.1) is 5.75 Å². The predicted octanol–water partition coefficient (Wildman–Crippen LogP) is 3.86. The van der Waals surface area contributed by atoms with E-state index < -0.39 is 0 Å². The number of carbonyl (C=O) groups excluding carboxylic acids is 1. The molecule has 0 fully saturated rings. The van der Waals surface area contributed by atoms with Crippen molar-refractivity contribution < 1.29 is 9.53 Å². The largest absolute Gasteiger partial charge is 0.452 e. The van der Waals surface area contributed by atoms with Crippen molar-refractivity contribution in [3.05, 3.63) is 66.0 Å². The number of pyridine rings is 1. The minimum atomic E-state index is -0.371. The van der Waals surface area contributed by atoms with Crippen molar-refractivity contribution in [3.8, 4) is 0 Å². The fourth-order valence-electron chi connectivity index (χ4n) is 1.96. The van der Waals surface area contributed by atoms with Gasteiger partial charge in [-0.05, 0) is 29.9 Å². The Hall–Kier alpha value is -1.81. The number of carbonyl (C=O) groups is 1. The molecular weight excluding hydrogens is 282 g/mol. The van der Waals surface area contributed by atoms with Gasteiger partial charge in [-0.3, -0.25) is 9.78 Å². The average molecular weight is 301 g/mol. The molecule has 21 heavy (non-hydrogen) atoms. The second kappa shape index (κ2) is 8.47. The van der Waals surface area contributed by atoms with Gasteiger partial charge in [-0.1, -0.05) is 37.3 Å². The molecule has 4 heteroatoms. The zero-order chi connectivity index (χ0) is 14.9. The number of thioether (sulfide) groups is 1. The third-order valence-electron chi connectivity index (χ3n) is 2.93. The minimum absolute atomic E-state index is 0.181. The van der Waals surface area contributed by atoms with Crippen molar-refractivity contribution >= 4 is 17.7 Å². The predicted molar refractivity (Wildman–Crippen MR) is 86.2 cm³/mol. The summed E-state index contributed by atoms with van der Waals surface area (Å²) in [4.78, 5) is 16.0. The van der Waals surface area contributed by atoms with Crippen LogP contribution in [0.2, 0.25) is 0 Å². The molecule has 2 aromatic rings. The molecule has 1 atom stereocenters. The molecule has 110 valence electrons. The van der Waals surface area contributed by atoms with Crippen molar-refractivity contribution in [1.82, 2.24) is 4.98 Å². The van der Waals surface area contributed by atoms with E-state index in [1.807, 2.05) is 42.5 Å². The Kier molecular flexibility index (Phi) is 6.28. The summed E-state index contributed by atoms with van der Waals surface area (Å²) in [5.41, 5.74) is 1.91. The molecule has 0 radical (unpaired) electrons. The highest BCUT2D eigenvalue weighted by Crippen LogP contribution is 2.26. The topological polar surface area (TPSA) is 39.2 Å². The summed E-state index contributed by atoms with van der Waals surface area (Å²) < 4.78 is 5.68. The highest BCUT2D eigenvalue weighted by atomic mass is 32.2. The number of esters is 1. The Morgan fingerprint density at radius 1 is 1.14 bits per heavy atom. The van der Waals surface area contributed by atoms with Crippen LogP contribution in [0.1, 0.15) is 30.6 Å². The second-order valence-corrected chi connectivity index (χ2v) is 5.72. The van der Waals surface area contributed by atoms with Crippen LogP contribution in [0, 0.1) is 0 Å². The van der Waals surface area contributed by atoms with Gasteiger partial charge in [-0.15, -0.1) is 0 Å². The first-order valence-electron chi connectivity index (χ1n) is 7.03. The summed E-state index contributed by atoms with van der Waals surface area (Å²) in [6.45, 7) is 2.10. The van der Waals surface area contributed by atoms with Crippen LogP contribution in [0.15, 0.2) is 54.9 Å². The maximum atomic E-state index is 12.0. The summed E-state index contributed by atoms with van der Waals surface area (Å²) in [6.07, 6.45) is 4.12. The van der Waals surface area contributed by atoms with Crippen LogP contribution in [0.4, 0.5) is 0 Å². The average Bonchev–Trinajstić information content (AvgIpc) is 2.54. The Labute approximate surface area is 129 Å². The zero-order valence-corrected chi connectivity index (χ0v) is 12.9. The SMILES string of the molecule is CCCSCC(=O)OC(c1ccccc1)c1ccncc1. The van der Waals surface area contributed by atoms with Crippen molar-refractivity contribution in [3.63, 3.8) is 0 Å². The lowest BCUT2D eigenvalue weighted by Crippen LogP contribution is -2.14. The third-order valence-corrected chi connectivity index (χ3v) is 4.07. The first-order chi connectivity index (χ1) is 10.3. The van der Waals surface area contributed by atoms with Crippen LogP contribution in [0.3, 0.4) is 0 Å². The number of rotatable bonds is 7. The third kappa shape index (κ3) is 4.90. The lowest BCUT2D eigenvalue weighted by molar-refractivity contribution is -0.144. The number of aromatic nitrogens is 1. The molecule has 1 heterocycles. The molecule has 0 bridgehead atoms. The molecular formula is C17H19NO2S. The fraction of sp³-hybridized carbons (Fsp3) is 0.294. The van der Waals surface area contributed by atoms with Gasteiger partial charge < -0.3 is 4.74 Å². The maximum Gasteiger partial charge on any atom is 0.316 e. The molecule has 2 rings (SSSR count). The Bertz CT molecular complexity index is 506. The van der Waals surface area contributed by atoms with E-state index in [-0.39, 0.29) is 12.1 Å². The van der Waals surface area contributed by atoms with Gasteiger partial charge in [0.2, 0.25) is 0 Å². The van der Waals surface area contributed by atoms with Crippen LogP contribution in [-0.2, 0) is 9.53 Å². The zero-order valence-electron chi connectivity index (χ0n) is 12.1. The highest BCUT2D eigenvalue weighted by Gasteiger charge is 2.18. The quantitative estimate of drug-likeness (QED) is 0.575. The molecule has 0 aliphatic heterocycles.